The third-order valence-electron chi connectivity index (χ3n) is 1.19. The first-order valence-electron chi connectivity index (χ1n) is 2.94. The minimum Gasteiger partial charge on any atom is -0.495 e. The second kappa shape index (κ2) is 3.16. The van der Waals surface area contributed by atoms with Crippen LogP contribution in [0.2, 0.25) is 0 Å². The van der Waals surface area contributed by atoms with Crippen LogP contribution in [0.3, 0.4) is 0 Å². The lowest BCUT2D eigenvalue weighted by Crippen LogP contribution is -2.10. The third-order valence-corrected chi connectivity index (χ3v) is 1.19. The molecule has 1 heterocycles. The highest BCUT2D eigenvalue weighted by atomic mass is 19.1. The van der Waals surface area contributed by atoms with Crippen molar-refractivity contribution in [2.75, 3.05) is 12.5 Å². The van der Waals surface area contributed by atoms with Gasteiger partial charge in [0, 0.05) is 6.07 Å². The number of halogens is 1. The first kappa shape index (κ1) is 7.74. The van der Waals surface area contributed by atoms with E-state index in [-0.39, 0.29) is 5.82 Å². The number of rotatable bonds is 2. The van der Waals surface area contributed by atoms with Crippen molar-refractivity contribution in [3.05, 3.63) is 18.1 Å². The normalized spacial score (nSPS) is 9.36. The minimum absolute atomic E-state index is 0.00537. The molecule has 1 rings (SSSR count). The highest BCUT2D eigenvalue weighted by Crippen LogP contribution is 2.15. The van der Waals surface area contributed by atoms with E-state index in [4.69, 9.17) is 10.6 Å². The van der Waals surface area contributed by atoms with Crippen LogP contribution in [0, 0.1) is 5.82 Å². The summed E-state index contributed by atoms with van der Waals surface area (Å²) in [6.45, 7) is 0. The molecule has 1 aromatic heterocycles. The van der Waals surface area contributed by atoms with Crippen LogP contribution in [0.5, 0.6) is 5.75 Å². The molecule has 0 spiro atoms. The summed E-state index contributed by atoms with van der Waals surface area (Å²) in [4.78, 5) is 3.63. The van der Waals surface area contributed by atoms with E-state index in [1.54, 1.807) is 0 Å². The fourth-order valence-corrected chi connectivity index (χ4v) is 0.638. The highest BCUT2D eigenvalue weighted by Gasteiger charge is 2.02. The molecule has 0 aromatic carbocycles. The van der Waals surface area contributed by atoms with Crippen molar-refractivity contribution in [1.82, 2.24) is 4.98 Å². The number of nitrogens with zero attached hydrogens (tertiary/aromatic N) is 1. The number of nitrogens with one attached hydrogen (secondary N) is 1. The molecule has 4 nitrogen and oxygen atoms in total. The Labute approximate surface area is 63.2 Å². The van der Waals surface area contributed by atoms with E-state index in [1.165, 1.54) is 19.4 Å². The van der Waals surface area contributed by atoms with Crippen molar-refractivity contribution < 1.29 is 9.13 Å². The van der Waals surface area contributed by atoms with Crippen LogP contribution in [0.1, 0.15) is 0 Å². The summed E-state index contributed by atoms with van der Waals surface area (Å²) in [7, 11) is 1.44. The van der Waals surface area contributed by atoms with Crippen LogP contribution in [0.25, 0.3) is 0 Å². The average molecular weight is 157 g/mol. The summed E-state index contributed by atoms with van der Waals surface area (Å²) in [5.41, 5.74) is 2.10. The number of hydrazine groups is 1. The quantitative estimate of drug-likeness (QED) is 0.485. The van der Waals surface area contributed by atoms with Crippen molar-refractivity contribution in [2.24, 2.45) is 5.84 Å². The molecule has 0 fully saturated rings. The Morgan fingerprint density at radius 1 is 1.73 bits per heavy atom. The number of nitrogens with two attached hydrogens (primary N) is 1. The number of hydrogen-bond acceptors (Lipinski definition) is 4. The van der Waals surface area contributed by atoms with Gasteiger partial charge in [-0.15, -0.1) is 0 Å². The fourth-order valence-electron chi connectivity index (χ4n) is 0.638. The lowest BCUT2D eigenvalue weighted by molar-refractivity contribution is 0.409. The van der Waals surface area contributed by atoms with Gasteiger partial charge in [-0.25, -0.2) is 15.2 Å². The van der Waals surface area contributed by atoms with E-state index in [0.29, 0.717) is 5.75 Å². The maximum absolute atomic E-state index is 12.8. The Morgan fingerprint density at radius 2 is 2.45 bits per heavy atom. The molecule has 0 aliphatic carbocycles. The van der Waals surface area contributed by atoms with E-state index in [2.05, 4.69) is 10.4 Å². The van der Waals surface area contributed by atoms with E-state index in [1.807, 2.05) is 0 Å². The van der Waals surface area contributed by atoms with Gasteiger partial charge in [0.2, 0.25) is 0 Å². The predicted molar refractivity (Wildman–Crippen MR) is 38.6 cm³/mol. The third kappa shape index (κ3) is 1.56. The zero-order valence-corrected chi connectivity index (χ0v) is 5.97. The van der Waals surface area contributed by atoms with Crippen LogP contribution in [0.4, 0.5) is 10.2 Å². The molecule has 60 valence electrons. The summed E-state index contributed by atoms with van der Waals surface area (Å²) >= 11 is 0. The number of pyridine rings is 1. The number of methoxy groups -OCH3 is 1. The molecular weight excluding hydrogens is 149 g/mol. The Hall–Kier alpha value is -1.36. The van der Waals surface area contributed by atoms with E-state index in [9.17, 15) is 4.39 Å². The van der Waals surface area contributed by atoms with Gasteiger partial charge >= 0.3 is 0 Å². The van der Waals surface area contributed by atoms with Gasteiger partial charge in [-0.2, -0.15) is 0 Å². The molecule has 0 saturated carbocycles. The average Bonchev–Trinajstić information content (AvgIpc) is 2.04. The maximum atomic E-state index is 12.8. The Kier molecular flexibility index (Phi) is 2.22. The van der Waals surface area contributed by atoms with Crippen molar-refractivity contribution in [2.45, 2.75) is 0 Å². The minimum atomic E-state index is -0.535. The number of aromatic nitrogens is 1. The van der Waals surface area contributed by atoms with Gasteiger partial charge in [-0.05, 0) is 0 Å². The molecule has 0 unspecified atom stereocenters. The smallest absolute Gasteiger partial charge is 0.176 e. The molecule has 0 radical (unpaired) electrons. The lowest BCUT2D eigenvalue weighted by atomic mass is 10.4. The van der Waals surface area contributed by atoms with Crippen molar-refractivity contribution in [3.8, 4) is 5.75 Å². The molecule has 5 heteroatoms. The number of hydrogen-bond donors (Lipinski definition) is 2. The van der Waals surface area contributed by atoms with Gasteiger partial charge in [0.25, 0.3) is 0 Å². The van der Waals surface area contributed by atoms with Gasteiger partial charge in [0.1, 0.15) is 5.75 Å². The zero-order valence-electron chi connectivity index (χ0n) is 5.97. The lowest BCUT2D eigenvalue weighted by Gasteiger charge is -2.02. The largest absolute Gasteiger partial charge is 0.495 e. The summed E-state index contributed by atoms with van der Waals surface area (Å²) in [5.74, 6) is 4.78. The molecule has 0 saturated heterocycles. The molecule has 0 atom stereocenters. The Morgan fingerprint density at radius 3 is 2.91 bits per heavy atom. The number of anilines is 1. The highest BCUT2D eigenvalue weighted by molar-refractivity contribution is 5.37. The van der Waals surface area contributed by atoms with Gasteiger partial charge in [-0.3, -0.25) is 0 Å². The summed E-state index contributed by atoms with van der Waals surface area (Å²) in [6.07, 6.45) is 1.37. The zero-order chi connectivity index (χ0) is 8.27. The molecule has 0 amide bonds. The summed E-state index contributed by atoms with van der Waals surface area (Å²) in [5, 5.41) is 0. The molecule has 0 aliphatic heterocycles. The SMILES string of the molecule is COc1cnc(NN)c(F)c1. The molecular formula is C6H8FN3O. The van der Waals surface area contributed by atoms with E-state index < -0.39 is 5.82 Å². The Balaban J connectivity index is 2.99. The van der Waals surface area contributed by atoms with E-state index in [0.717, 1.165) is 0 Å². The molecule has 0 bridgehead atoms. The van der Waals surface area contributed by atoms with Gasteiger partial charge in [0.15, 0.2) is 11.6 Å². The van der Waals surface area contributed by atoms with Gasteiger partial charge in [0.05, 0.1) is 13.3 Å². The predicted octanol–water partition coefficient (Wildman–Crippen LogP) is 0.515. The number of ether oxygens (including phenoxy) is 1. The van der Waals surface area contributed by atoms with Gasteiger partial charge < -0.3 is 10.2 Å². The first-order chi connectivity index (χ1) is 5.27. The summed E-state index contributed by atoms with van der Waals surface area (Å²) < 4.78 is 17.5. The monoisotopic (exact) mass is 157 g/mol. The van der Waals surface area contributed by atoms with Crippen LogP contribution >= 0.6 is 0 Å². The Bertz CT molecular complexity index is 254. The van der Waals surface area contributed by atoms with Crippen LogP contribution in [-0.4, -0.2) is 12.1 Å². The van der Waals surface area contributed by atoms with Crippen molar-refractivity contribution >= 4 is 5.82 Å². The summed E-state index contributed by atoms with van der Waals surface area (Å²) in [6, 6.07) is 1.20. The van der Waals surface area contributed by atoms with Crippen molar-refractivity contribution in [1.29, 1.82) is 0 Å². The van der Waals surface area contributed by atoms with Crippen molar-refractivity contribution in [3.63, 3.8) is 0 Å². The standard InChI is InChI=1S/C6H8FN3O/c1-11-4-2-5(7)6(10-8)9-3-4/h2-3H,8H2,1H3,(H,9,10). The molecule has 0 aliphatic rings. The van der Waals surface area contributed by atoms with E-state index >= 15 is 0 Å². The van der Waals surface area contributed by atoms with Crippen LogP contribution in [-0.2, 0) is 0 Å². The first-order valence-corrected chi connectivity index (χ1v) is 2.94. The molecule has 11 heavy (non-hydrogen) atoms. The second-order valence-corrected chi connectivity index (χ2v) is 1.85. The molecule has 3 N–H and O–H groups in total. The number of nitrogen functional groups attached to an aromatic ring is 1. The van der Waals surface area contributed by atoms with Crippen LogP contribution in [0.15, 0.2) is 12.3 Å². The van der Waals surface area contributed by atoms with Gasteiger partial charge in [-0.1, -0.05) is 0 Å². The fraction of sp³-hybridized carbons (Fsp3) is 0.167. The molecule has 1 aromatic rings. The maximum Gasteiger partial charge on any atom is 0.176 e. The second-order valence-electron chi connectivity index (χ2n) is 1.85. The topological polar surface area (TPSA) is 60.2 Å². The van der Waals surface area contributed by atoms with Crippen LogP contribution < -0.4 is 16.0 Å².